The van der Waals surface area contributed by atoms with Crippen LogP contribution in [-0.2, 0) is 16.1 Å². The zero-order valence-corrected chi connectivity index (χ0v) is 16.1. The Balaban J connectivity index is 1.53. The van der Waals surface area contributed by atoms with Crippen LogP contribution in [0.15, 0.2) is 30.3 Å². The lowest BCUT2D eigenvalue weighted by Gasteiger charge is -2.35. The van der Waals surface area contributed by atoms with Crippen molar-refractivity contribution in [2.75, 3.05) is 26.3 Å². The number of amides is 1. The van der Waals surface area contributed by atoms with Gasteiger partial charge >= 0.3 is 0 Å². The zero-order valence-electron chi connectivity index (χ0n) is 16.1. The van der Waals surface area contributed by atoms with Gasteiger partial charge in [0.05, 0.1) is 38.0 Å². The number of nitrogens with one attached hydrogen (secondary N) is 1. The Kier molecular flexibility index (Phi) is 5.27. The Labute approximate surface area is 160 Å². The number of hydrogen-bond donors (Lipinski definition) is 1. The average molecular weight is 368 g/mol. The van der Waals surface area contributed by atoms with E-state index in [2.05, 4.69) is 53.0 Å². The monoisotopic (exact) mass is 368 g/mol. The molecule has 1 aromatic heterocycles. The SMILES string of the molecule is Cc1nn(Cc2ccccc2)c(C)c1[C@@H]1COCCN1CC(=O)NC1CC1. The second kappa shape index (κ2) is 7.82. The molecule has 27 heavy (non-hydrogen) atoms. The number of carbonyl (C=O) groups is 1. The molecule has 0 spiro atoms. The first-order valence-corrected chi connectivity index (χ1v) is 9.81. The van der Waals surface area contributed by atoms with E-state index in [1.165, 1.54) is 11.1 Å². The Hall–Kier alpha value is -2.18. The van der Waals surface area contributed by atoms with Crippen molar-refractivity contribution < 1.29 is 9.53 Å². The molecule has 0 radical (unpaired) electrons. The minimum atomic E-state index is 0.0771. The summed E-state index contributed by atoms with van der Waals surface area (Å²) in [4.78, 5) is 14.6. The van der Waals surface area contributed by atoms with Crippen molar-refractivity contribution in [3.05, 3.63) is 52.8 Å². The predicted octanol–water partition coefficient (Wildman–Crippen LogP) is 2.20. The van der Waals surface area contributed by atoms with Gasteiger partial charge in [0.15, 0.2) is 0 Å². The van der Waals surface area contributed by atoms with Crippen LogP contribution in [0.5, 0.6) is 0 Å². The number of rotatable bonds is 6. The van der Waals surface area contributed by atoms with Gasteiger partial charge in [0.2, 0.25) is 5.91 Å². The second-order valence-electron chi connectivity index (χ2n) is 7.63. The largest absolute Gasteiger partial charge is 0.378 e. The van der Waals surface area contributed by atoms with Gasteiger partial charge in [0.25, 0.3) is 0 Å². The van der Waals surface area contributed by atoms with Crippen molar-refractivity contribution in [2.45, 2.75) is 45.3 Å². The molecule has 1 amide bonds. The van der Waals surface area contributed by atoms with Gasteiger partial charge in [-0.3, -0.25) is 14.4 Å². The van der Waals surface area contributed by atoms with E-state index in [-0.39, 0.29) is 11.9 Å². The molecule has 2 aromatic rings. The molecule has 1 N–H and O–H groups in total. The molecule has 144 valence electrons. The maximum absolute atomic E-state index is 12.3. The van der Waals surface area contributed by atoms with E-state index in [4.69, 9.17) is 9.84 Å². The molecule has 1 saturated carbocycles. The number of nitrogens with zero attached hydrogens (tertiary/aromatic N) is 3. The van der Waals surface area contributed by atoms with Gasteiger partial charge < -0.3 is 10.1 Å². The number of aromatic nitrogens is 2. The molecule has 2 heterocycles. The third kappa shape index (κ3) is 4.22. The van der Waals surface area contributed by atoms with Gasteiger partial charge in [0, 0.05) is 23.8 Å². The van der Waals surface area contributed by atoms with Crippen molar-refractivity contribution in [1.82, 2.24) is 20.0 Å². The molecule has 1 aromatic carbocycles. The van der Waals surface area contributed by atoms with E-state index in [9.17, 15) is 4.79 Å². The van der Waals surface area contributed by atoms with Gasteiger partial charge in [0.1, 0.15) is 0 Å². The quantitative estimate of drug-likeness (QED) is 0.849. The number of aryl methyl sites for hydroxylation is 1. The Morgan fingerprint density at radius 3 is 2.78 bits per heavy atom. The molecular formula is C21H28N4O2. The molecule has 6 heteroatoms. The molecule has 0 bridgehead atoms. The van der Waals surface area contributed by atoms with Crippen LogP contribution in [0.3, 0.4) is 0 Å². The van der Waals surface area contributed by atoms with E-state index >= 15 is 0 Å². The molecule has 1 atom stereocenters. The Morgan fingerprint density at radius 2 is 2.04 bits per heavy atom. The fourth-order valence-corrected chi connectivity index (χ4v) is 3.88. The summed E-state index contributed by atoms with van der Waals surface area (Å²) < 4.78 is 7.84. The molecule has 4 rings (SSSR count). The smallest absolute Gasteiger partial charge is 0.234 e. The molecule has 2 aliphatic rings. The third-order valence-corrected chi connectivity index (χ3v) is 5.47. The summed E-state index contributed by atoms with van der Waals surface area (Å²) in [6.07, 6.45) is 2.23. The molecule has 1 saturated heterocycles. The first-order chi connectivity index (χ1) is 13.1. The zero-order chi connectivity index (χ0) is 18.8. The van der Waals surface area contributed by atoms with E-state index in [0.717, 1.165) is 37.3 Å². The van der Waals surface area contributed by atoms with Crippen molar-refractivity contribution in [3.63, 3.8) is 0 Å². The molecule has 0 unspecified atom stereocenters. The minimum Gasteiger partial charge on any atom is -0.378 e. The van der Waals surface area contributed by atoms with Crippen LogP contribution in [-0.4, -0.2) is 52.9 Å². The molecular weight excluding hydrogens is 340 g/mol. The summed E-state index contributed by atoms with van der Waals surface area (Å²) in [6.45, 7) is 7.40. The number of carbonyl (C=O) groups excluding carboxylic acids is 1. The first-order valence-electron chi connectivity index (χ1n) is 9.81. The van der Waals surface area contributed by atoms with Crippen molar-refractivity contribution >= 4 is 5.91 Å². The summed E-state index contributed by atoms with van der Waals surface area (Å²) in [7, 11) is 0. The highest BCUT2D eigenvalue weighted by atomic mass is 16.5. The van der Waals surface area contributed by atoms with E-state index in [1.54, 1.807) is 0 Å². The highest BCUT2D eigenvalue weighted by molar-refractivity contribution is 5.78. The summed E-state index contributed by atoms with van der Waals surface area (Å²) in [5.74, 6) is 0.122. The second-order valence-corrected chi connectivity index (χ2v) is 7.63. The third-order valence-electron chi connectivity index (χ3n) is 5.47. The van der Waals surface area contributed by atoms with Gasteiger partial charge in [-0.2, -0.15) is 5.10 Å². The van der Waals surface area contributed by atoms with Gasteiger partial charge in [-0.15, -0.1) is 0 Å². The number of ether oxygens (including phenoxy) is 1. The van der Waals surface area contributed by atoms with E-state index in [0.29, 0.717) is 25.8 Å². The minimum absolute atomic E-state index is 0.0771. The highest BCUT2D eigenvalue weighted by Gasteiger charge is 2.32. The number of morpholine rings is 1. The number of benzene rings is 1. The van der Waals surface area contributed by atoms with E-state index in [1.807, 2.05) is 6.07 Å². The molecule has 1 aliphatic carbocycles. The highest BCUT2D eigenvalue weighted by Crippen LogP contribution is 2.30. The van der Waals surface area contributed by atoms with Crippen LogP contribution in [0, 0.1) is 13.8 Å². The van der Waals surface area contributed by atoms with Crippen LogP contribution in [0.2, 0.25) is 0 Å². The first kappa shape index (κ1) is 18.2. The lowest BCUT2D eigenvalue weighted by molar-refractivity contribution is -0.124. The van der Waals surface area contributed by atoms with Crippen LogP contribution in [0.4, 0.5) is 0 Å². The van der Waals surface area contributed by atoms with Crippen LogP contribution >= 0.6 is 0 Å². The molecule has 6 nitrogen and oxygen atoms in total. The van der Waals surface area contributed by atoms with Crippen molar-refractivity contribution in [3.8, 4) is 0 Å². The predicted molar refractivity (Wildman–Crippen MR) is 104 cm³/mol. The van der Waals surface area contributed by atoms with Crippen molar-refractivity contribution in [2.24, 2.45) is 0 Å². The molecule has 1 aliphatic heterocycles. The van der Waals surface area contributed by atoms with Crippen molar-refractivity contribution in [1.29, 1.82) is 0 Å². The summed E-state index contributed by atoms with van der Waals surface area (Å²) in [6, 6.07) is 10.8. The Morgan fingerprint density at radius 1 is 1.26 bits per heavy atom. The standard InChI is InChI=1S/C21H28N4O2/c1-15-21(16(2)25(23-15)12-17-6-4-3-5-7-17)19-14-27-11-10-24(19)13-20(26)22-18-8-9-18/h3-7,18-19H,8-14H2,1-2H3,(H,22,26)/t19-/m0/s1. The summed E-state index contributed by atoms with van der Waals surface area (Å²) >= 11 is 0. The van der Waals surface area contributed by atoms with E-state index < -0.39 is 0 Å². The Bertz CT molecular complexity index is 798. The van der Waals surface area contributed by atoms with Crippen LogP contribution in [0.25, 0.3) is 0 Å². The number of hydrogen-bond acceptors (Lipinski definition) is 4. The van der Waals surface area contributed by atoms with Gasteiger partial charge in [-0.05, 0) is 32.3 Å². The topological polar surface area (TPSA) is 59.4 Å². The fourth-order valence-electron chi connectivity index (χ4n) is 3.88. The normalized spacial score (nSPS) is 20.6. The maximum Gasteiger partial charge on any atom is 0.234 e. The average Bonchev–Trinajstić information content (AvgIpc) is 3.42. The molecule has 2 fully saturated rings. The van der Waals surface area contributed by atoms with Crippen LogP contribution in [0.1, 0.15) is 41.4 Å². The fraction of sp³-hybridized carbons (Fsp3) is 0.524. The maximum atomic E-state index is 12.3. The summed E-state index contributed by atoms with van der Waals surface area (Å²) in [5.41, 5.74) is 4.60. The lowest BCUT2D eigenvalue weighted by Crippen LogP contribution is -2.45. The lowest BCUT2D eigenvalue weighted by atomic mass is 10.0. The summed E-state index contributed by atoms with van der Waals surface area (Å²) in [5, 5.41) is 7.88. The van der Waals surface area contributed by atoms with Crippen LogP contribution < -0.4 is 5.32 Å². The van der Waals surface area contributed by atoms with Gasteiger partial charge in [-0.25, -0.2) is 0 Å². The van der Waals surface area contributed by atoms with Gasteiger partial charge in [-0.1, -0.05) is 30.3 Å².